The predicted octanol–water partition coefficient (Wildman–Crippen LogP) is 2.17. The maximum absolute atomic E-state index is 12.8. The first kappa shape index (κ1) is 24.4. The molecule has 2 N–H and O–H groups in total. The number of nitrogens with one attached hydrogen (secondary N) is 2. The van der Waals surface area contributed by atoms with Crippen LogP contribution in [0, 0.1) is 0 Å². The molecule has 0 aliphatic rings. The van der Waals surface area contributed by atoms with E-state index >= 15 is 0 Å². The number of amides is 2. The first-order valence-corrected chi connectivity index (χ1v) is 11.3. The second-order valence-corrected chi connectivity index (χ2v) is 8.48. The SMILES string of the molecule is CN(C)c1ccc(C=C(NC(=O)c2ccccc2)C(=O)NN=Cc2ccc(S(=O)(=O)[O-])o2)cc1. The highest BCUT2D eigenvalue weighted by molar-refractivity contribution is 7.85. The Balaban J connectivity index is 1.80. The molecule has 176 valence electrons. The fourth-order valence-electron chi connectivity index (χ4n) is 2.73. The van der Waals surface area contributed by atoms with Crippen molar-refractivity contribution in [3.63, 3.8) is 0 Å². The molecule has 0 saturated heterocycles. The Bertz CT molecular complexity index is 1330. The van der Waals surface area contributed by atoms with Crippen LogP contribution in [0.1, 0.15) is 21.7 Å². The molecule has 3 aromatic rings. The van der Waals surface area contributed by atoms with Gasteiger partial charge in [0.1, 0.15) is 11.5 Å². The van der Waals surface area contributed by atoms with E-state index in [9.17, 15) is 22.6 Å². The fraction of sp³-hybridized carbons (Fsp3) is 0.0870. The molecule has 0 spiro atoms. The van der Waals surface area contributed by atoms with Crippen LogP contribution in [0.2, 0.25) is 0 Å². The normalized spacial score (nSPS) is 11.9. The molecule has 1 heterocycles. The third-order valence-electron chi connectivity index (χ3n) is 4.46. The number of hydrogen-bond acceptors (Lipinski definition) is 8. The molecule has 0 fully saturated rings. The van der Waals surface area contributed by atoms with Crippen molar-refractivity contribution < 1.29 is 27.0 Å². The Labute approximate surface area is 196 Å². The molecule has 0 aliphatic carbocycles. The molecule has 11 heteroatoms. The van der Waals surface area contributed by atoms with E-state index in [0.717, 1.165) is 18.0 Å². The number of benzene rings is 2. The summed E-state index contributed by atoms with van der Waals surface area (Å²) >= 11 is 0. The smallest absolute Gasteiger partial charge is 0.287 e. The van der Waals surface area contributed by atoms with Gasteiger partial charge >= 0.3 is 0 Å². The highest BCUT2D eigenvalue weighted by Gasteiger charge is 2.14. The van der Waals surface area contributed by atoms with Crippen LogP contribution in [0.15, 0.2) is 87.0 Å². The van der Waals surface area contributed by atoms with E-state index in [4.69, 9.17) is 4.42 Å². The summed E-state index contributed by atoms with van der Waals surface area (Å²) in [7, 11) is -0.947. The van der Waals surface area contributed by atoms with Crippen molar-refractivity contribution in [2.75, 3.05) is 19.0 Å². The van der Waals surface area contributed by atoms with Gasteiger partial charge in [0.05, 0.1) is 6.21 Å². The van der Waals surface area contributed by atoms with Gasteiger partial charge in [-0.15, -0.1) is 0 Å². The maximum Gasteiger partial charge on any atom is 0.287 e. The molecule has 2 aromatic carbocycles. The molecule has 0 aliphatic heterocycles. The quantitative estimate of drug-likeness (QED) is 0.217. The Morgan fingerprint density at radius 1 is 1.00 bits per heavy atom. The number of hydrazone groups is 1. The summed E-state index contributed by atoms with van der Waals surface area (Å²) in [6.07, 6.45) is 2.51. The summed E-state index contributed by atoms with van der Waals surface area (Å²) in [6, 6.07) is 17.8. The van der Waals surface area contributed by atoms with E-state index in [2.05, 4.69) is 15.8 Å². The Morgan fingerprint density at radius 3 is 2.26 bits per heavy atom. The van der Waals surface area contributed by atoms with Gasteiger partial charge in [-0.25, -0.2) is 13.8 Å². The highest BCUT2D eigenvalue weighted by atomic mass is 32.2. The van der Waals surface area contributed by atoms with Crippen molar-refractivity contribution >= 4 is 39.9 Å². The molecule has 0 unspecified atom stereocenters. The second kappa shape index (κ2) is 10.6. The molecule has 0 bridgehead atoms. The van der Waals surface area contributed by atoms with Gasteiger partial charge in [-0.3, -0.25) is 9.59 Å². The average Bonchev–Trinajstić information content (AvgIpc) is 3.29. The van der Waals surface area contributed by atoms with Crippen LogP contribution in [0.4, 0.5) is 5.69 Å². The van der Waals surface area contributed by atoms with Crippen LogP contribution in [-0.4, -0.2) is 45.1 Å². The van der Waals surface area contributed by atoms with Crippen LogP contribution < -0.4 is 15.6 Å². The first-order valence-electron chi connectivity index (χ1n) is 9.88. The number of hydrogen-bond donors (Lipinski definition) is 2. The van der Waals surface area contributed by atoms with Crippen molar-refractivity contribution in [2.24, 2.45) is 5.10 Å². The molecule has 3 rings (SSSR count). The monoisotopic (exact) mass is 481 g/mol. The van der Waals surface area contributed by atoms with E-state index in [1.54, 1.807) is 42.5 Å². The molecular weight excluding hydrogens is 460 g/mol. The van der Waals surface area contributed by atoms with Crippen molar-refractivity contribution in [3.05, 3.63) is 89.3 Å². The Hall–Kier alpha value is -4.22. The van der Waals surface area contributed by atoms with Gasteiger partial charge in [0, 0.05) is 25.3 Å². The lowest BCUT2D eigenvalue weighted by Gasteiger charge is -2.12. The minimum absolute atomic E-state index is 0.0622. The third-order valence-corrected chi connectivity index (χ3v) is 5.17. The van der Waals surface area contributed by atoms with Crippen LogP contribution in [0.5, 0.6) is 0 Å². The van der Waals surface area contributed by atoms with Crippen LogP contribution in [0.3, 0.4) is 0 Å². The Kier molecular flexibility index (Phi) is 7.61. The van der Waals surface area contributed by atoms with E-state index < -0.39 is 27.0 Å². The minimum atomic E-state index is -4.75. The lowest BCUT2D eigenvalue weighted by atomic mass is 10.1. The molecule has 0 saturated carbocycles. The highest BCUT2D eigenvalue weighted by Crippen LogP contribution is 2.15. The first-order chi connectivity index (χ1) is 16.1. The molecule has 34 heavy (non-hydrogen) atoms. The molecular formula is C23H21N4O6S-. The molecule has 2 amide bonds. The summed E-state index contributed by atoms with van der Waals surface area (Å²) in [6.45, 7) is 0. The van der Waals surface area contributed by atoms with E-state index in [-0.39, 0.29) is 11.5 Å². The topological polar surface area (TPSA) is 144 Å². The summed E-state index contributed by atoms with van der Waals surface area (Å²) in [5.41, 5.74) is 4.13. The molecule has 10 nitrogen and oxygen atoms in total. The number of anilines is 1. The molecule has 0 atom stereocenters. The van der Waals surface area contributed by atoms with Gasteiger partial charge in [0.2, 0.25) is 5.09 Å². The van der Waals surface area contributed by atoms with E-state index in [0.29, 0.717) is 11.1 Å². The zero-order valence-corrected chi connectivity index (χ0v) is 19.1. The largest absolute Gasteiger partial charge is 0.742 e. The number of carbonyl (C=O) groups excluding carboxylic acids is 2. The number of carbonyl (C=O) groups is 2. The van der Waals surface area contributed by atoms with Crippen LogP contribution in [0.25, 0.3) is 6.08 Å². The van der Waals surface area contributed by atoms with Crippen molar-refractivity contribution in [1.82, 2.24) is 10.7 Å². The van der Waals surface area contributed by atoms with Gasteiger partial charge in [-0.05, 0) is 48.0 Å². The van der Waals surface area contributed by atoms with Crippen LogP contribution in [-0.2, 0) is 14.9 Å². The van der Waals surface area contributed by atoms with Crippen molar-refractivity contribution in [1.29, 1.82) is 0 Å². The van der Waals surface area contributed by atoms with Gasteiger partial charge < -0.3 is 19.2 Å². The van der Waals surface area contributed by atoms with Gasteiger partial charge in [-0.1, -0.05) is 30.3 Å². The Morgan fingerprint density at radius 2 is 1.68 bits per heavy atom. The second-order valence-electron chi connectivity index (χ2n) is 7.17. The fourth-order valence-corrected chi connectivity index (χ4v) is 3.16. The van der Waals surface area contributed by atoms with Gasteiger partial charge in [-0.2, -0.15) is 5.10 Å². The lowest BCUT2D eigenvalue weighted by molar-refractivity contribution is -0.117. The maximum atomic E-state index is 12.8. The average molecular weight is 482 g/mol. The number of furan rings is 1. The molecule has 1 aromatic heterocycles. The predicted molar refractivity (Wildman–Crippen MR) is 125 cm³/mol. The summed E-state index contributed by atoms with van der Waals surface area (Å²) in [4.78, 5) is 27.3. The van der Waals surface area contributed by atoms with E-state index in [1.165, 1.54) is 12.1 Å². The summed E-state index contributed by atoms with van der Waals surface area (Å²) in [5, 5.41) is 5.51. The van der Waals surface area contributed by atoms with Crippen molar-refractivity contribution in [2.45, 2.75) is 5.09 Å². The van der Waals surface area contributed by atoms with Gasteiger partial charge in [0.15, 0.2) is 10.1 Å². The lowest BCUT2D eigenvalue weighted by Crippen LogP contribution is -2.32. The van der Waals surface area contributed by atoms with E-state index in [1.807, 2.05) is 31.1 Å². The van der Waals surface area contributed by atoms with Crippen LogP contribution >= 0.6 is 0 Å². The third kappa shape index (κ3) is 6.64. The van der Waals surface area contributed by atoms with Crippen molar-refractivity contribution in [3.8, 4) is 0 Å². The molecule has 0 radical (unpaired) electrons. The summed E-state index contributed by atoms with van der Waals surface area (Å²) < 4.78 is 37.7. The number of rotatable bonds is 8. The standard InChI is InChI=1S/C23H22N4O6S/c1-27(2)18-10-8-16(9-11-18)14-20(25-22(28)17-6-4-3-5-7-17)23(29)26-24-15-19-12-13-21(33-19)34(30,31)32/h3-15H,1-2H3,(H,25,28)(H,26,29)(H,30,31,32)/p-1. The summed E-state index contributed by atoms with van der Waals surface area (Å²) in [5.74, 6) is -1.29. The number of nitrogens with zero attached hydrogens (tertiary/aromatic N) is 2. The zero-order chi connectivity index (χ0) is 24.7. The van der Waals surface area contributed by atoms with Gasteiger partial charge in [0.25, 0.3) is 11.8 Å². The zero-order valence-electron chi connectivity index (χ0n) is 18.3. The minimum Gasteiger partial charge on any atom is -0.742 e.